The minimum atomic E-state index is 0.176. The van der Waals surface area contributed by atoms with Crippen LogP contribution in [-0.4, -0.2) is 42.0 Å². The smallest absolute Gasteiger partial charge is 0.234 e. The molecule has 0 unspecified atom stereocenters. The molecule has 1 aromatic heterocycles. The maximum atomic E-state index is 12.0. The molecule has 5 heteroatoms. The number of likely N-dealkylation sites (tertiary alicyclic amines) is 1. The average Bonchev–Trinajstić information content (AvgIpc) is 3.06. The first-order valence-electron chi connectivity index (χ1n) is 9.61. The summed E-state index contributed by atoms with van der Waals surface area (Å²) in [5, 5.41) is 4.32. The molecule has 0 bridgehead atoms. The van der Waals surface area contributed by atoms with Gasteiger partial charge in [0.15, 0.2) is 0 Å². The van der Waals surface area contributed by atoms with E-state index in [4.69, 9.17) is 4.98 Å². The third-order valence-electron chi connectivity index (χ3n) is 4.97. The van der Waals surface area contributed by atoms with Gasteiger partial charge in [-0.15, -0.1) is 11.3 Å². The van der Waals surface area contributed by atoms with Crippen molar-refractivity contribution in [2.75, 3.05) is 26.2 Å². The summed E-state index contributed by atoms with van der Waals surface area (Å²) < 4.78 is 1.28. The lowest BCUT2D eigenvalue weighted by molar-refractivity contribution is -0.122. The molecule has 1 saturated heterocycles. The van der Waals surface area contributed by atoms with E-state index in [-0.39, 0.29) is 5.91 Å². The van der Waals surface area contributed by atoms with Crippen LogP contribution in [0.15, 0.2) is 24.3 Å². The Morgan fingerprint density at radius 2 is 2.04 bits per heavy atom. The minimum Gasteiger partial charge on any atom is -0.355 e. The van der Waals surface area contributed by atoms with Gasteiger partial charge in [0.05, 0.1) is 21.8 Å². The van der Waals surface area contributed by atoms with Crippen LogP contribution in [0.4, 0.5) is 0 Å². The first-order chi connectivity index (χ1) is 12.3. The van der Waals surface area contributed by atoms with Gasteiger partial charge in [0.1, 0.15) is 0 Å². The minimum absolute atomic E-state index is 0.176. The molecule has 1 aliphatic rings. The number of benzene rings is 1. The molecule has 2 aromatic rings. The van der Waals surface area contributed by atoms with Crippen molar-refractivity contribution >= 4 is 27.5 Å². The van der Waals surface area contributed by atoms with Crippen molar-refractivity contribution in [1.82, 2.24) is 15.2 Å². The molecule has 3 rings (SSSR count). The maximum absolute atomic E-state index is 12.0. The van der Waals surface area contributed by atoms with Gasteiger partial charge >= 0.3 is 0 Å². The van der Waals surface area contributed by atoms with Gasteiger partial charge in [-0.25, -0.2) is 4.98 Å². The Balaban J connectivity index is 1.40. The number of fused-ring (bicyclic) bond motifs is 1. The van der Waals surface area contributed by atoms with E-state index in [9.17, 15) is 4.79 Å². The number of amides is 1. The number of nitrogens with one attached hydrogen (secondary N) is 1. The number of carbonyl (C=O) groups is 1. The molecule has 1 fully saturated rings. The summed E-state index contributed by atoms with van der Waals surface area (Å²) in [6, 6.07) is 8.37. The zero-order chi connectivity index (χ0) is 17.5. The highest BCUT2D eigenvalue weighted by Gasteiger charge is 2.24. The standard InChI is InChI=1S/C20H29N3OS/c1-2-3-4-7-12-21-19(24)15-23-13-10-16(11-14-23)20-22-17-8-5-6-9-18(17)25-20/h5-6,8-9,16H,2-4,7,10-15H2,1H3,(H,21,24). The quantitative estimate of drug-likeness (QED) is 0.720. The van der Waals surface area contributed by atoms with Gasteiger partial charge in [-0.1, -0.05) is 38.3 Å². The van der Waals surface area contributed by atoms with Crippen molar-refractivity contribution in [3.05, 3.63) is 29.3 Å². The Labute approximate surface area is 154 Å². The van der Waals surface area contributed by atoms with E-state index in [1.165, 1.54) is 29.0 Å². The molecule has 4 nitrogen and oxygen atoms in total. The molecule has 0 saturated carbocycles. The molecule has 0 radical (unpaired) electrons. The van der Waals surface area contributed by atoms with Crippen molar-refractivity contribution in [3.8, 4) is 0 Å². The van der Waals surface area contributed by atoms with Gasteiger partial charge in [0.2, 0.25) is 5.91 Å². The zero-order valence-electron chi connectivity index (χ0n) is 15.2. The van der Waals surface area contributed by atoms with Crippen LogP contribution in [0.5, 0.6) is 0 Å². The Hall–Kier alpha value is -1.46. The largest absolute Gasteiger partial charge is 0.355 e. The van der Waals surface area contributed by atoms with Crippen LogP contribution in [0.3, 0.4) is 0 Å². The second-order valence-electron chi connectivity index (χ2n) is 6.98. The maximum Gasteiger partial charge on any atom is 0.234 e. The molecule has 2 heterocycles. The van der Waals surface area contributed by atoms with Crippen LogP contribution in [0.1, 0.15) is 56.4 Å². The van der Waals surface area contributed by atoms with Crippen molar-refractivity contribution in [2.24, 2.45) is 0 Å². The highest BCUT2D eigenvalue weighted by molar-refractivity contribution is 7.18. The van der Waals surface area contributed by atoms with Gasteiger partial charge in [-0.2, -0.15) is 0 Å². The number of rotatable bonds is 8. The van der Waals surface area contributed by atoms with E-state index in [2.05, 4.69) is 41.4 Å². The fraction of sp³-hybridized carbons (Fsp3) is 0.600. The van der Waals surface area contributed by atoms with E-state index in [0.717, 1.165) is 44.4 Å². The summed E-state index contributed by atoms with van der Waals surface area (Å²) in [6.07, 6.45) is 7.00. The SMILES string of the molecule is CCCCCCNC(=O)CN1CCC(c2nc3ccccc3s2)CC1. The van der Waals surface area contributed by atoms with Crippen LogP contribution < -0.4 is 5.32 Å². The van der Waals surface area contributed by atoms with Gasteiger partial charge in [0, 0.05) is 12.5 Å². The normalized spacial score (nSPS) is 16.4. The van der Waals surface area contributed by atoms with Crippen LogP contribution >= 0.6 is 11.3 Å². The monoisotopic (exact) mass is 359 g/mol. The molecule has 0 atom stereocenters. The molecule has 25 heavy (non-hydrogen) atoms. The number of hydrogen-bond acceptors (Lipinski definition) is 4. The molecule has 1 aliphatic heterocycles. The Morgan fingerprint density at radius 3 is 2.80 bits per heavy atom. The number of aromatic nitrogens is 1. The van der Waals surface area contributed by atoms with E-state index in [0.29, 0.717) is 12.5 Å². The van der Waals surface area contributed by atoms with Gasteiger partial charge in [-0.3, -0.25) is 9.69 Å². The van der Waals surface area contributed by atoms with Crippen LogP contribution in [-0.2, 0) is 4.79 Å². The van der Waals surface area contributed by atoms with Gasteiger partial charge in [-0.05, 0) is 44.5 Å². The summed E-state index contributed by atoms with van der Waals surface area (Å²) >= 11 is 1.83. The van der Waals surface area contributed by atoms with Crippen molar-refractivity contribution < 1.29 is 4.79 Å². The Kier molecular flexibility index (Phi) is 6.82. The first kappa shape index (κ1) is 18.3. The predicted octanol–water partition coefficient (Wildman–Crippen LogP) is 4.17. The van der Waals surface area contributed by atoms with E-state index < -0.39 is 0 Å². The average molecular weight is 360 g/mol. The fourth-order valence-electron chi connectivity index (χ4n) is 3.44. The highest BCUT2D eigenvalue weighted by atomic mass is 32.1. The fourth-order valence-corrected chi connectivity index (χ4v) is 4.58. The zero-order valence-corrected chi connectivity index (χ0v) is 16.0. The molecular weight excluding hydrogens is 330 g/mol. The summed E-state index contributed by atoms with van der Waals surface area (Å²) in [6.45, 7) is 5.55. The van der Waals surface area contributed by atoms with E-state index in [1.807, 2.05) is 11.3 Å². The number of unbranched alkanes of at least 4 members (excludes halogenated alkanes) is 3. The third kappa shape index (κ3) is 5.25. The molecule has 1 aromatic carbocycles. The number of nitrogens with zero attached hydrogens (tertiary/aromatic N) is 2. The highest BCUT2D eigenvalue weighted by Crippen LogP contribution is 2.33. The molecule has 1 amide bonds. The number of piperidine rings is 1. The van der Waals surface area contributed by atoms with Crippen molar-refractivity contribution in [1.29, 1.82) is 0 Å². The lowest BCUT2D eigenvalue weighted by Gasteiger charge is -2.30. The Morgan fingerprint density at radius 1 is 1.24 bits per heavy atom. The summed E-state index contributed by atoms with van der Waals surface area (Å²) in [7, 11) is 0. The van der Waals surface area contributed by atoms with Gasteiger partial charge in [0.25, 0.3) is 0 Å². The van der Waals surface area contributed by atoms with E-state index in [1.54, 1.807) is 0 Å². The second-order valence-corrected chi connectivity index (χ2v) is 8.04. The molecule has 1 N–H and O–H groups in total. The van der Waals surface area contributed by atoms with Crippen LogP contribution in [0, 0.1) is 0 Å². The molecule has 0 spiro atoms. The van der Waals surface area contributed by atoms with E-state index >= 15 is 0 Å². The molecule has 136 valence electrons. The third-order valence-corrected chi connectivity index (χ3v) is 6.17. The lowest BCUT2D eigenvalue weighted by atomic mass is 9.97. The number of carbonyl (C=O) groups excluding carboxylic acids is 1. The van der Waals surface area contributed by atoms with Crippen LogP contribution in [0.25, 0.3) is 10.2 Å². The Bertz CT molecular complexity index is 643. The lowest BCUT2D eigenvalue weighted by Crippen LogP contribution is -2.41. The number of para-hydroxylation sites is 1. The van der Waals surface area contributed by atoms with Gasteiger partial charge < -0.3 is 5.32 Å². The van der Waals surface area contributed by atoms with Crippen molar-refractivity contribution in [3.63, 3.8) is 0 Å². The summed E-state index contributed by atoms with van der Waals surface area (Å²) in [5.41, 5.74) is 1.12. The van der Waals surface area contributed by atoms with Crippen LogP contribution in [0.2, 0.25) is 0 Å². The number of thiazole rings is 1. The van der Waals surface area contributed by atoms with Crippen molar-refractivity contribution in [2.45, 2.75) is 51.4 Å². The summed E-state index contributed by atoms with van der Waals surface area (Å²) in [5.74, 6) is 0.723. The summed E-state index contributed by atoms with van der Waals surface area (Å²) in [4.78, 5) is 19.1. The predicted molar refractivity (Wildman–Crippen MR) is 105 cm³/mol. The topological polar surface area (TPSA) is 45.2 Å². The molecule has 0 aliphatic carbocycles. The number of hydrogen-bond donors (Lipinski definition) is 1. The molecular formula is C20H29N3OS. The first-order valence-corrected chi connectivity index (χ1v) is 10.4. The second kappa shape index (κ2) is 9.30.